The van der Waals surface area contributed by atoms with E-state index in [1.54, 1.807) is 6.20 Å². The van der Waals surface area contributed by atoms with Crippen LogP contribution in [-0.2, 0) is 12.3 Å². The van der Waals surface area contributed by atoms with Gasteiger partial charge in [-0.1, -0.05) is 11.2 Å². The average Bonchev–Trinajstić information content (AvgIpc) is 2.78. The fourth-order valence-corrected chi connectivity index (χ4v) is 1.35. The van der Waals surface area contributed by atoms with E-state index in [4.69, 9.17) is 16.0 Å². The first-order chi connectivity index (χ1) is 7.88. The van der Waals surface area contributed by atoms with E-state index in [1.165, 1.54) is 0 Å². The summed E-state index contributed by atoms with van der Waals surface area (Å²) >= 11 is 5.54. The van der Waals surface area contributed by atoms with Crippen LogP contribution < -0.4 is 5.32 Å². The Morgan fingerprint density at radius 1 is 1.38 bits per heavy atom. The van der Waals surface area contributed by atoms with Crippen LogP contribution in [0.2, 0.25) is 0 Å². The molecule has 0 saturated carbocycles. The largest absolute Gasteiger partial charge is 0.407 e. The minimum Gasteiger partial charge on any atom is -0.407 e. The summed E-state index contributed by atoms with van der Waals surface area (Å²) in [6.45, 7) is 0.718. The summed E-state index contributed by atoms with van der Waals surface area (Å²) in [6, 6.07) is 4.33. The molecule has 0 aliphatic heterocycles. The second-order valence-electron chi connectivity index (χ2n) is 3.17. The van der Waals surface area contributed by atoms with Gasteiger partial charge in [0.25, 0.3) is 0 Å². The molecule has 0 fully saturated rings. The maximum absolute atomic E-state index is 5.54. The highest BCUT2D eigenvalue weighted by molar-refractivity contribution is 6.16. The van der Waals surface area contributed by atoms with Gasteiger partial charge >= 0.3 is 6.01 Å². The van der Waals surface area contributed by atoms with E-state index in [9.17, 15) is 0 Å². The summed E-state index contributed by atoms with van der Waals surface area (Å²) in [5, 5.41) is 10.5. The highest BCUT2D eigenvalue weighted by Gasteiger charge is 2.03. The monoisotopic (exact) mass is 238 g/mol. The van der Waals surface area contributed by atoms with Gasteiger partial charge in [-0.15, -0.1) is 16.7 Å². The molecule has 0 atom stereocenters. The van der Waals surface area contributed by atoms with Crippen molar-refractivity contribution in [3.63, 3.8) is 0 Å². The molecule has 2 aromatic heterocycles. The van der Waals surface area contributed by atoms with Crippen molar-refractivity contribution in [2.45, 2.75) is 12.3 Å². The van der Waals surface area contributed by atoms with Crippen molar-refractivity contribution in [1.29, 1.82) is 0 Å². The predicted octanol–water partition coefficient (Wildman–Crippen LogP) is 1.86. The molecule has 0 saturated heterocycles. The lowest BCUT2D eigenvalue weighted by Gasteiger charge is -2.00. The molecule has 2 rings (SSSR count). The average molecular weight is 239 g/mol. The van der Waals surface area contributed by atoms with Crippen LogP contribution in [0, 0.1) is 0 Å². The van der Waals surface area contributed by atoms with Gasteiger partial charge < -0.3 is 9.73 Å². The zero-order valence-corrected chi connectivity index (χ0v) is 9.31. The smallest absolute Gasteiger partial charge is 0.315 e. The van der Waals surface area contributed by atoms with Crippen molar-refractivity contribution in [2.24, 2.45) is 0 Å². The van der Waals surface area contributed by atoms with Crippen molar-refractivity contribution < 1.29 is 4.42 Å². The number of aromatic nitrogens is 3. The summed E-state index contributed by atoms with van der Waals surface area (Å²) in [6.07, 6.45) is 4.44. The number of hydrogen-bond donors (Lipinski definition) is 1. The van der Waals surface area contributed by atoms with Crippen molar-refractivity contribution in [3.8, 4) is 0 Å². The normalized spacial score (nSPS) is 10.3. The first-order valence-corrected chi connectivity index (χ1v) is 5.43. The van der Waals surface area contributed by atoms with Crippen molar-refractivity contribution in [1.82, 2.24) is 15.2 Å². The highest BCUT2D eigenvalue weighted by Crippen LogP contribution is 2.07. The van der Waals surface area contributed by atoms with Gasteiger partial charge in [0.05, 0.1) is 0 Å². The first-order valence-electron chi connectivity index (χ1n) is 4.89. The standard InChI is InChI=1S/C10H11ClN4O/c11-6-9-14-15-10(16-9)13-5-3-8-2-1-4-12-7-8/h1-2,4,7H,3,5-6H2,(H,13,15). The number of nitrogens with zero attached hydrogens (tertiary/aromatic N) is 3. The van der Waals surface area contributed by atoms with Crippen LogP contribution in [-0.4, -0.2) is 21.7 Å². The lowest BCUT2D eigenvalue weighted by Crippen LogP contribution is -2.05. The van der Waals surface area contributed by atoms with Gasteiger partial charge in [-0.25, -0.2) is 0 Å². The number of hydrogen-bond acceptors (Lipinski definition) is 5. The summed E-state index contributed by atoms with van der Waals surface area (Å²) in [7, 11) is 0. The molecule has 0 spiro atoms. The molecule has 0 radical (unpaired) electrons. The van der Waals surface area contributed by atoms with Gasteiger partial charge in [-0.05, 0) is 18.1 Å². The molecule has 6 heteroatoms. The summed E-state index contributed by atoms with van der Waals surface area (Å²) in [4.78, 5) is 4.03. The topological polar surface area (TPSA) is 63.8 Å². The molecule has 0 amide bonds. The fourth-order valence-electron chi connectivity index (χ4n) is 1.24. The Labute approximate surface area is 97.9 Å². The molecule has 0 unspecified atom stereocenters. The third-order valence-corrected chi connectivity index (χ3v) is 2.22. The minimum absolute atomic E-state index is 0.233. The maximum Gasteiger partial charge on any atom is 0.315 e. The number of alkyl halides is 1. The summed E-state index contributed by atoms with van der Waals surface area (Å²) in [5.74, 6) is 0.655. The molecule has 2 aromatic rings. The molecule has 0 bridgehead atoms. The second kappa shape index (κ2) is 5.46. The Bertz CT molecular complexity index is 431. The molecule has 2 heterocycles. The Morgan fingerprint density at radius 2 is 2.31 bits per heavy atom. The van der Waals surface area contributed by atoms with E-state index in [0.717, 1.165) is 18.5 Å². The van der Waals surface area contributed by atoms with Crippen molar-refractivity contribution in [2.75, 3.05) is 11.9 Å². The van der Waals surface area contributed by atoms with Gasteiger partial charge in [-0.3, -0.25) is 4.98 Å². The highest BCUT2D eigenvalue weighted by atomic mass is 35.5. The SMILES string of the molecule is ClCc1nnc(NCCc2cccnc2)o1. The van der Waals surface area contributed by atoms with Crippen LogP contribution in [0.3, 0.4) is 0 Å². The first kappa shape index (κ1) is 10.9. The Hall–Kier alpha value is -1.62. The van der Waals surface area contributed by atoms with E-state index in [1.807, 2.05) is 18.3 Å². The van der Waals surface area contributed by atoms with Crippen LogP contribution in [0.25, 0.3) is 0 Å². The summed E-state index contributed by atoms with van der Waals surface area (Å²) in [5.41, 5.74) is 1.16. The fraction of sp³-hybridized carbons (Fsp3) is 0.300. The molecule has 5 nitrogen and oxygen atoms in total. The van der Waals surface area contributed by atoms with E-state index in [0.29, 0.717) is 11.9 Å². The molecular formula is C10H11ClN4O. The Kier molecular flexibility index (Phi) is 3.71. The quantitative estimate of drug-likeness (QED) is 0.806. The number of nitrogens with one attached hydrogen (secondary N) is 1. The van der Waals surface area contributed by atoms with Gasteiger partial charge in [0.2, 0.25) is 5.89 Å². The van der Waals surface area contributed by atoms with Crippen LogP contribution in [0.1, 0.15) is 11.5 Å². The molecule has 0 aliphatic rings. The molecule has 1 N–H and O–H groups in total. The van der Waals surface area contributed by atoms with Crippen LogP contribution in [0.4, 0.5) is 6.01 Å². The van der Waals surface area contributed by atoms with E-state index in [-0.39, 0.29) is 5.88 Å². The van der Waals surface area contributed by atoms with Gasteiger partial charge in [-0.2, -0.15) is 0 Å². The number of rotatable bonds is 5. The van der Waals surface area contributed by atoms with Crippen molar-refractivity contribution in [3.05, 3.63) is 36.0 Å². The maximum atomic E-state index is 5.54. The van der Waals surface area contributed by atoms with Crippen LogP contribution in [0.15, 0.2) is 28.9 Å². The molecule has 0 aliphatic carbocycles. The number of halogens is 1. The minimum atomic E-state index is 0.233. The van der Waals surface area contributed by atoms with Gasteiger partial charge in [0.1, 0.15) is 5.88 Å². The molecular weight excluding hydrogens is 228 g/mol. The Balaban J connectivity index is 1.80. The second-order valence-corrected chi connectivity index (χ2v) is 3.44. The lowest BCUT2D eigenvalue weighted by molar-refractivity contribution is 0.525. The molecule has 0 aromatic carbocycles. The zero-order chi connectivity index (χ0) is 11.2. The zero-order valence-electron chi connectivity index (χ0n) is 8.56. The number of pyridine rings is 1. The molecule has 84 valence electrons. The summed E-state index contributed by atoms with van der Waals surface area (Å²) < 4.78 is 5.19. The molecule has 16 heavy (non-hydrogen) atoms. The number of anilines is 1. The lowest BCUT2D eigenvalue weighted by atomic mass is 10.2. The predicted molar refractivity (Wildman–Crippen MR) is 60.3 cm³/mol. The van der Waals surface area contributed by atoms with Gasteiger partial charge in [0, 0.05) is 18.9 Å². The third kappa shape index (κ3) is 2.93. The van der Waals surface area contributed by atoms with Gasteiger partial charge in [0.15, 0.2) is 0 Å². The van der Waals surface area contributed by atoms with Crippen molar-refractivity contribution >= 4 is 17.6 Å². The van der Waals surface area contributed by atoms with Crippen LogP contribution >= 0.6 is 11.6 Å². The van der Waals surface area contributed by atoms with E-state index in [2.05, 4.69) is 20.5 Å². The Morgan fingerprint density at radius 3 is 3.00 bits per heavy atom. The van der Waals surface area contributed by atoms with E-state index >= 15 is 0 Å². The van der Waals surface area contributed by atoms with E-state index < -0.39 is 0 Å². The van der Waals surface area contributed by atoms with Crippen LogP contribution in [0.5, 0.6) is 0 Å². The third-order valence-electron chi connectivity index (χ3n) is 1.99.